The quantitative estimate of drug-likeness (QED) is 0.729. The monoisotopic (exact) mass is 353 g/mol. The summed E-state index contributed by atoms with van der Waals surface area (Å²) in [5, 5.41) is 5.40. The first-order chi connectivity index (χ1) is 12.1. The van der Waals surface area contributed by atoms with Crippen LogP contribution in [0.1, 0.15) is 15.9 Å². The smallest absolute Gasteiger partial charge is 0.278 e. The van der Waals surface area contributed by atoms with Crippen molar-refractivity contribution in [1.82, 2.24) is 10.3 Å². The zero-order chi connectivity index (χ0) is 17.6. The van der Waals surface area contributed by atoms with Crippen LogP contribution in [-0.4, -0.2) is 25.0 Å². The van der Waals surface area contributed by atoms with Gasteiger partial charge in [-0.25, -0.2) is 4.98 Å². The molecule has 0 unspecified atom stereocenters. The molecule has 3 rings (SSSR count). The molecule has 1 amide bonds. The summed E-state index contributed by atoms with van der Waals surface area (Å²) < 4.78 is 5.61. The number of nitrogens with zero attached hydrogens (tertiary/aromatic N) is 2. The van der Waals surface area contributed by atoms with E-state index in [1.165, 1.54) is 11.3 Å². The summed E-state index contributed by atoms with van der Waals surface area (Å²) in [5.41, 5.74) is 2.71. The first-order valence-corrected chi connectivity index (χ1v) is 8.71. The zero-order valence-electron chi connectivity index (χ0n) is 14.1. The summed E-state index contributed by atoms with van der Waals surface area (Å²) in [6, 6.07) is 15.1. The van der Waals surface area contributed by atoms with Crippen LogP contribution in [0.5, 0.6) is 10.9 Å². The fraction of sp³-hybridized carbons (Fsp3) is 0.158. The summed E-state index contributed by atoms with van der Waals surface area (Å²) in [7, 11) is 3.94. The van der Waals surface area contributed by atoms with E-state index in [2.05, 4.69) is 10.3 Å². The number of hydrogen-bond acceptors (Lipinski definition) is 5. The molecule has 0 aliphatic heterocycles. The van der Waals surface area contributed by atoms with E-state index >= 15 is 0 Å². The first-order valence-electron chi connectivity index (χ1n) is 7.84. The van der Waals surface area contributed by atoms with Gasteiger partial charge in [-0.15, -0.1) is 0 Å². The lowest BCUT2D eigenvalue weighted by atomic mass is 10.1. The zero-order valence-corrected chi connectivity index (χ0v) is 14.9. The maximum Gasteiger partial charge on any atom is 0.278 e. The molecule has 25 heavy (non-hydrogen) atoms. The maximum atomic E-state index is 12.2. The highest BCUT2D eigenvalue weighted by Gasteiger charge is 2.06. The van der Waals surface area contributed by atoms with E-state index in [1.54, 1.807) is 6.20 Å². The highest BCUT2D eigenvalue weighted by Crippen LogP contribution is 2.23. The van der Waals surface area contributed by atoms with E-state index in [0.717, 1.165) is 17.0 Å². The van der Waals surface area contributed by atoms with Gasteiger partial charge < -0.3 is 15.0 Å². The van der Waals surface area contributed by atoms with Gasteiger partial charge in [0.25, 0.3) is 11.1 Å². The van der Waals surface area contributed by atoms with Crippen LogP contribution in [0.15, 0.2) is 60.1 Å². The van der Waals surface area contributed by atoms with E-state index in [4.69, 9.17) is 4.74 Å². The molecule has 1 aromatic heterocycles. The molecular formula is C19H19N3O2S. The molecule has 0 atom stereocenters. The lowest BCUT2D eigenvalue weighted by molar-refractivity contribution is 0.0951. The molecule has 0 saturated heterocycles. The number of carbonyl (C=O) groups is 1. The summed E-state index contributed by atoms with van der Waals surface area (Å²) in [5.74, 6) is 0.637. The molecule has 0 aliphatic rings. The molecule has 1 N–H and O–H groups in total. The second-order valence-electron chi connectivity index (χ2n) is 5.67. The molecule has 0 spiro atoms. The molecule has 2 aromatic carbocycles. The molecule has 0 bridgehead atoms. The van der Waals surface area contributed by atoms with Crippen molar-refractivity contribution in [1.29, 1.82) is 0 Å². The molecule has 0 radical (unpaired) electrons. The number of aromatic nitrogens is 1. The van der Waals surface area contributed by atoms with Gasteiger partial charge in [0.2, 0.25) is 0 Å². The van der Waals surface area contributed by atoms with Crippen LogP contribution in [0, 0.1) is 0 Å². The molecule has 1 heterocycles. The molecule has 0 aliphatic carbocycles. The Morgan fingerprint density at radius 3 is 2.44 bits per heavy atom. The van der Waals surface area contributed by atoms with Crippen molar-refractivity contribution < 1.29 is 9.53 Å². The van der Waals surface area contributed by atoms with Crippen LogP contribution in [0.3, 0.4) is 0 Å². The summed E-state index contributed by atoms with van der Waals surface area (Å²) >= 11 is 1.44. The van der Waals surface area contributed by atoms with Crippen LogP contribution in [-0.2, 0) is 6.54 Å². The molecule has 3 aromatic rings. The van der Waals surface area contributed by atoms with Gasteiger partial charge in [0, 0.05) is 43.5 Å². The molecule has 5 nitrogen and oxygen atoms in total. The van der Waals surface area contributed by atoms with E-state index in [1.807, 2.05) is 72.9 Å². The van der Waals surface area contributed by atoms with Gasteiger partial charge >= 0.3 is 0 Å². The van der Waals surface area contributed by atoms with Crippen molar-refractivity contribution in [2.75, 3.05) is 19.0 Å². The predicted molar refractivity (Wildman–Crippen MR) is 101 cm³/mol. The van der Waals surface area contributed by atoms with E-state index in [9.17, 15) is 4.79 Å². The molecule has 0 fully saturated rings. The highest BCUT2D eigenvalue weighted by molar-refractivity contribution is 7.11. The summed E-state index contributed by atoms with van der Waals surface area (Å²) in [4.78, 5) is 18.3. The fourth-order valence-corrected chi connectivity index (χ4v) is 2.74. The Morgan fingerprint density at radius 1 is 1.12 bits per heavy atom. The molecule has 6 heteroatoms. The van der Waals surface area contributed by atoms with Crippen LogP contribution in [0.25, 0.3) is 0 Å². The van der Waals surface area contributed by atoms with Gasteiger partial charge in [-0.3, -0.25) is 4.79 Å². The van der Waals surface area contributed by atoms with Crippen molar-refractivity contribution in [3.05, 3.63) is 71.2 Å². The molecular weight excluding hydrogens is 334 g/mol. The van der Waals surface area contributed by atoms with Gasteiger partial charge in [-0.2, -0.15) is 0 Å². The van der Waals surface area contributed by atoms with Crippen molar-refractivity contribution in [2.45, 2.75) is 6.54 Å². The predicted octanol–water partition coefficient (Wildman–Crippen LogP) is 3.93. The number of thiazole rings is 1. The SMILES string of the molecule is CN(C)c1ccc(C(=O)NCc2ccc(Oc3nccs3)cc2)cc1. The van der Waals surface area contributed by atoms with Gasteiger partial charge in [-0.1, -0.05) is 23.5 Å². The van der Waals surface area contributed by atoms with Gasteiger partial charge in [-0.05, 0) is 42.0 Å². The Bertz CT molecular complexity index is 813. The van der Waals surface area contributed by atoms with Crippen molar-refractivity contribution in [3.8, 4) is 10.9 Å². The Hall–Kier alpha value is -2.86. The molecule has 0 saturated carbocycles. The van der Waals surface area contributed by atoms with Gasteiger partial charge in [0.05, 0.1) is 0 Å². The topological polar surface area (TPSA) is 54.5 Å². The van der Waals surface area contributed by atoms with Crippen LogP contribution < -0.4 is 15.0 Å². The molecule has 128 valence electrons. The number of hydrogen-bond donors (Lipinski definition) is 1. The normalized spacial score (nSPS) is 10.3. The largest absolute Gasteiger partial charge is 0.431 e. The van der Waals surface area contributed by atoms with Crippen LogP contribution in [0.2, 0.25) is 0 Å². The Morgan fingerprint density at radius 2 is 1.84 bits per heavy atom. The average molecular weight is 353 g/mol. The number of ether oxygens (including phenoxy) is 1. The number of rotatable bonds is 6. The maximum absolute atomic E-state index is 12.2. The number of carbonyl (C=O) groups excluding carboxylic acids is 1. The standard InChI is InChI=1S/C19H19N3O2S/c1-22(2)16-7-5-15(6-8-16)18(23)21-13-14-3-9-17(10-4-14)24-19-20-11-12-25-19/h3-12H,13H2,1-2H3,(H,21,23). The minimum absolute atomic E-state index is 0.0894. The van der Waals surface area contributed by atoms with E-state index in [-0.39, 0.29) is 5.91 Å². The number of anilines is 1. The summed E-state index contributed by atoms with van der Waals surface area (Å²) in [6.45, 7) is 0.464. The second-order valence-corrected chi connectivity index (χ2v) is 6.53. The number of amides is 1. The van der Waals surface area contributed by atoms with E-state index < -0.39 is 0 Å². The third-order valence-electron chi connectivity index (χ3n) is 3.64. The number of nitrogens with one attached hydrogen (secondary N) is 1. The Labute approximate surface area is 150 Å². The van der Waals surface area contributed by atoms with Crippen LogP contribution >= 0.6 is 11.3 Å². The van der Waals surface area contributed by atoms with Gasteiger partial charge in [0.15, 0.2) is 0 Å². The van der Waals surface area contributed by atoms with Crippen molar-refractivity contribution in [3.63, 3.8) is 0 Å². The third kappa shape index (κ3) is 4.58. The fourth-order valence-electron chi connectivity index (χ4n) is 2.23. The first kappa shape index (κ1) is 17.0. The minimum Gasteiger partial charge on any atom is -0.431 e. The van der Waals surface area contributed by atoms with Crippen molar-refractivity contribution >= 4 is 22.9 Å². The lowest BCUT2D eigenvalue weighted by Crippen LogP contribution is -2.22. The van der Waals surface area contributed by atoms with E-state index in [0.29, 0.717) is 17.3 Å². The minimum atomic E-state index is -0.0894. The highest BCUT2D eigenvalue weighted by atomic mass is 32.1. The second kappa shape index (κ2) is 7.81. The Balaban J connectivity index is 1.54. The lowest BCUT2D eigenvalue weighted by Gasteiger charge is -2.12. The Kier molecular flexibility index (Phi) is 5.30. The van der Waals surface area contributed by atoms with Gasteiger partial charge in [0.1, 0.15) is 5.75 Å². The number of benzene rings is 2. The van der Waals surface area contributed by atoms with Crippen molar-refractivity contribution in [2.24, 2.45) is 0 Å². The summed E-state index contributed by atoms with van der Waals surface area (Å²) in [6.07, 6.45) is 1.70. The average Bonchev–Trinajstić information content (AvgIpc) is 3.14. The third-order valence-corrected chi connectivity index (χ3v) is 4.29. The van der Waals surface area contributed by atoms with Crippen LogP contribution in [0.4, 0.5) is 5.69 Å².